The SMILES string of the molecule is CC(C)[C@@H]1CN1C[C@H](O)Cn1ccnc1[N+](=O)[O-]. The molecule has 100 valence electrons. The van der Waals surface area contributed by atoms with Crippen molar-refractivity contribution in [2.24, 2.45) is 5.92 Å². The minimum absolute atomic E-state index is 0.206. The molecule has 0 aromatic carbocycles. The number of rotatable bonds is 6. The number of nitrogens with zero attached hydrogens (tertiary/aromatic N) is 4. The Kier molecular flexibility index (Phi) is 3.63. The number of β-amino-alcohol motifs (C(OH)–C–C–N with tert-alkyl or cyclic N) is 1. The summed E-state index contributed by atoms with van der Waals surface area (Å²) in [6.45, 7) is 6.06. The van der Waals surface area contributed by atoms with Gasteiger partial charge in [-0.15, -0.1) is 0 Å². The molecular formula is C11H18N4O3. The standard InChI is InChI=1S/C11H18N4O3/c1-8(2)10-7-14(10)6-9(16)5-13-4-3-12-11(13)15(17)18/h3-4,8-10,16H,5-7H2,1-2H3/t9-,10+,14?/m1/s1. The molecule has 1 aromatic rings. The molecule has 2 rings (SSSR count). The second kappa shape index (κ2) is 5.03. The zero-order valence-electron chi connectivity index (χ0n) is 10.6. The minimum Gasteiger partial charge on any atom is -0.390 e. The minimum atomic E-state index is -0.610. The van der Waals surface area contributed by atoms with Crippen LogP contribution in [0, 0.1) is 16.0 Å². The lowest BCUT2D eigenvalue weighted by atomic mass is 10.1. The maximum atomic E-state index is 10.7. The third-order valence-corrected chi connectivity index (χ3v) is 3.24. The zero-order valence-corrected chi connectivity index (χ0v) is 10.6. The molecule has 0 spiro atoms. The van der Waals surface area contributed by atoms with Crippen LogP contribution < -0.4 is 0 Å². The fourth-order valence-electron chi connectivity index (χ4n) is 2.21. The first-order valence-corrected chi connectivity index (χ1v) is 6.06. The molecule has 18 heavy (non-hydrogen) atoms. The van der Waals surface area contributed by atoms with Gasteiger partial charge in [0.2, 0.25) is 0 Å². The van der Waals surface area contributed by atoms with Gasteiger partial charge in [0.25, 0.3) is 0 Å². The van der Waals surface area contributed by atoms with E-state index in [4.69, 9.17) is 0 Å². The highest BCUT2D eigenvalue weighted by Gasteiger charge is 2.37. The summed E-state index contributed by atoms with van der Waals surface area (Å²) in [4.78, 5) is 16.0. The molecule has 0 saturated carbocycles. The smallest absolute Gasteiger partial charge is 0.390 e. The summed E-state index contributed by atoms with van der Waals surface area (Å²) in [5, 5.41) is 20.6. The molecule has 1 aliphatic heterocycles. The number of aliphatic hydroxyl groups is 1. The topological polar surface area (TPSA) is 84.2 Å². The number of aliphatic hydroxyl groups excluding tert-OH is 1. The lowest BCUT2D eigenvalue weighted by molar-refractivity contribution is -0.397. The van der Waals surface area contributed by atoms with Crippen molar-refractivity contribution in [2.45, 2.75) is 32.5 Å². The Morgan fingerprint density at radius 1 is 1.61 bits per heavy atom. The second-order valence-electron chi connectivity index (χ2n) is 5.06. The molecule has 1 unspecified atom stereocenters. The maximum absolute atomic E-state index is 10.7. The third-order valence-electron chi connectivity index (χ3n) is 3.24. The normalized spacial score (nSPS) is 24.2. The highest BCUT2D eigenvalue weighted by atomic mass is 16.6. The van der Waals surface area contributed by atoms with Gasteiger partial charge in [-0.25, -0.2) is 4.57 Å². The van der Waals surface area contributed by atoms with Crippen LogP contribution in [0.2, 0.25) is 0 Å². The van der Waals surface area contributed by atoms with Gasteiger partial charge < -0.3 is 15.2 Å². The Hall–Kier alpha value is -1.47. The molecule has 2 heterocycles. The lowest BCUT2D eigenvalue weighted by Crippen LogP contribution is -2.26. The van der Waals surface area contributed by atoms with Crippen LogP contribution in [0.1, 0.15) is 13.8 Å². The van der Waals surface area contributed by atoms with Crippen molar-refractivity contribution in [3.05, 3.63) is 22.5 Å². The average Bonchev–Trinajstić information content (AvgIpc) is 2.87. The van der Waals surface area contributed by atoms with Gasteiger partial charge in [-0.2, -0.15) is 0 Å². The predicted octanol–water partition coefficient (Wildman–Crippen LogP) is 0.492. The Labute approximate surface area is 105 Å². The van der Waals surface area contributed by atoms with E-state index in [-0.39, 0.29) is 12.5 Å². The van der Waals surface area contributed by atoms with E-state index in [9.17, 15) is 15.2 Å². The number of nitro groups is 1. The van der Waals surface area contributed by atoms with E-state index in [1.807, 2.05) is 0 Å². The molecule has 0 amide bonds. The van der Waals surface area contributed by atoms with Crippen LogP contribution in [0.5, 0.6) is 0 Å². The quantitative estimate of drug-likeness (QED) is 0.454. The van der Waals surface area contributed by atoms with Crippen LogP contribution in [0.4, 0.5) is 5.95 Å². The van der Waals surface area contributed by atoms with E-state index in [1.165, 1.54) is 17.0 Å². The van der Waals surface area contributed by atoms with Gasteiger partial charge in [0.05, 0.1) is 12.6 Å². The van der Waals surface area contributed by atoms with Crippen molar-refractivity contribution in [3.63, 3.8) is 0 Å². The van der Waals surface area contributed by atoms with Crippen molar-refractivity contribution in [1.82, 2.24) is 14.5 Å². The Balaban J connectivity index is 1.86. The van der Waals surface area contributed by atoms with Crippen LogP contribution >= 0.6 is 0 Å². The molecule has 0 radical (unpaired) electrons. The van der Waals surface area contributed by atoms with E-state index in [0.717, 1.165) is 6.54 Å². The van der Waals surface area contributed by atoms with E-state index in [2.05, 4.69) is 23.7 Å². The summed E-state index contributed by atoms with van der Waals surface area (Å²) >= 11 is 0. The van der Waals surface area contributed by atoms with Crippen molar-refractivity contribution < 1.29 is 10.0 Å². The summed E-state index contributed by atoms with van der Waals surface area (Å²) < 4.78 is 1.37. The molecular weight excluding hydrogens is 236 g/mol. The van der Waals surface area contributed by atoms with Crippen LogP contribution in [-0.4, -0.2) is 49.7 Å². The summed E-state index contributed by atoms with van der Waals surface area (Å²) in [6.07, 6.45) is 2.28. The van der Waals surface area contributed by atoms with Gasteiger partial charge >= 0.3 is 5.95 Å². The molecule has 0 bridgehead atoms. The van der Waals surface area contributed by atoms with E-state index in [1.54, 1.807) is 0 Å². The molecule has 3 atom stereocenters. The fourth-order valence-corrected chi connectivity index (χ4v) is 2.21. The van der Waals surface area contributed by atoms with Gasteiger partial charge in [0, 0.05) is 19.1 Å². The maximum Gasteiger partial charge on any atom is 0.434 e. The number of imidazole rings is 1. The highest BCUT2D eigenvalue weighted by Crippen LogP contribution is 2.25. The molecule has 1 aliphatic rings. The van der Waals surface area contributed by atoms with Crippen molar-refractivity contribution in [1.29, 1.82) is 0 Å². The lowest BCUT2D eigenvalue weighted by Gasteiger charge is -2.12. The summed E-state index contributed by atoms with van der Waals surface area (Å²) in [5.41, 5.74) is 0. The van der Waals surface area contributed by atoms with Crippen LogP contribution in [0.3, 0.4) is 0 Å². The first kappa shape index (κ1) is 13.0. The van der Waals surface area contributed by atoms with Gasteiger partial charge in [0.1, 0.15) is 12.4 Å². The Morgan fingerprint density at radius 2 is 2.33 bits per heavy atom. The average molecular weight is 254 g/mol. The Bertz CT molecular complexity index is 432. The second-order valence-corrected chi connectivity index (χ2v) is 5.06. The third kappa shape index (κ3) is 2.85. The van der Waals surface area contributed by atoms with Gasteiger partial charge in [0.15, 0.2) is 0 Å². The number of hydrogen-bond donors (Lipinski definition) is 1. The first-order valence-electron chi connectivity index (χ1n) is 6.06. The molecule has 7 nitrogen and oxygen atoms in total. The predicted molar refractivity (Wildman–Crippen MR) is 65.1 cm³/mol. The highest BCUT2D eigenvalue weighted by molar-refractivity contribution is 5.06. The Morgan fingerprint density at radius 3 is 2.89 bits per heavy atom. The molecule has 7 heteroatoms. The van der Waals surface area contributed by atoms with Crippen LogP contribution in [0.15, 0.2) is 12.4 Å². The number of aromatic nitrogens is 2. The zero-order chi connectivity index (χ0) is 13.3. The molecule has 0 aliphatic carbocycles. The van der Waals surface area contributed by atoms with Crippen molar-refractivity contribution in [2.75, 3.05) is 13.1 Å². The van der Waals surface area contributed by atoms with Crippen molar-refractivity contribution in [3.8, 4) is 0 Å². The van der Waals surface area contributed by atoms with Gasteiger partial charge in [-0.3, -0.25) is 4.90 Å². The molecule has 1 aromatic heterocycles. The monoisotopic (exact) mass is 254 g/mol. The first-order chi connectivity index (χ1) is 8.49. The van der Waals surface area contributed by atoms with Gasteiger partial charge in [-0.05, 0) is 10.8 Å². The van der Waals surface area contributed by atoms with Gasteiger partial charge in [-0.1, -0.05) is 18.8 Å². The van der Waals surface area contributed by atoms with E-state index >= 15 is 0 Å². The van der Waals surface area contributed by atoms with Crippen molar-refractivity contribution >= 4 is 5.95 Å². The van der Waals surface area contributed by atoms with E-state index < -0.39 is 11.0 Å². The summed E-state index contributed by atoms with van der Waals surface area (Å²) in [6, 6.07) is 0.539. The van der Waals surface area contributed by atoms with E-state index in [0.29, 0.717) is 18.5 Å². The molecule has 1 N–H and O–H groups in total. The van der Waals surface area contributed by atoms with Crippen LogP contribution in [-0.2, 0) is 6.54 Å². The largest absolute Gasteiger partial charge is 0.434 e. The molecule has 1 fully saturated rings. The number of hydrogen-bond acceptors (Lipinski definition) is 5. The summed E-state index contributed by atoms with van der Waals surface area (Å²) in [7, 11) is 0. The van der Waals surface area contributed by atoms with Crippen LogP contribution in [0.25, 0.3) is 0 Å². The molecule has 1 saturated heterocycles. The summed E-state index contributed by atoms with van der Waals surface area (Å²) in [5.74, 6) is 0.361. The fraction of sp³-hybridized carbons (Fsp3) is 0.727.